The van der Waals surface area contributed by atoms with Gasteiger partial charge >= 0.3 is 88.7 Å². The van der Waals surface area contributed by atoms with Crippen molar-refractivity contribution in [3.8, 4) is 0 Å². The number of aromatic carboxylic acids is 3. The van der Waals surface area contributed by atoms with Gasteiger partial charge in [-0.25, -0.2) is 0 Å². The van der Waals surface area contributed by atoms with Crippen molar-refractivity contribution in [2.75, 3.05) is 79.3 Å². The van der Waals surface area contributed by atoms with Crippen molar-refractivity contribution >= 4 is 159 Å². The predicted octanol–water partition coefficient (Wildman–Crippen LogP) is -5.24. The third kappa shape index (κ3) is 14.6. The Morgan fingerprint density at radius 3 is 0.435 bits per heavy atom. The molecule has 3 aromatic rings. The topological polar surface area (TPSA) is 363 Å². The number of aliphatic hydroxyl groups is 12. The summed E-state index contributed by atoms with van der Waals surface area (Å²) < 4.78 is -6.87. The van der Waals surface area contributed by atoms with Crippen LogP contribution in [0.4, 0.5) is 0 Å². The quantitative estimate of drug-likeness (QED) is 0.0219. The van der Waals surface area contributed by atoms with Crippen LogP contribution >= 0.6 is 141 Å². The fourth-order valence-electron chi connectivity index (χ4n) is 11.1. The monoisotopic (exact) mass is 1430 g/mol. The Labute approximate surface area is 609 Å². The number of hydrogen-bond acceptors (Lipinski definition) is 30. The smallest absolute Gasteiger partial charge is 0.545 e. The number of carboxylic acids is 3. The molecular formula is C52H60Na3O18S12. The second-order valence-corrected chi connectivity index (χ2v) is 38.1. The molecule has 0 saturated heterocycles. The summed E-state index contributed by atoms with van der Waals surface area (Å²) in [6.07, 6.45) is 0.361. The zero-order valence-electron chi connectivity index (χ0n) is 46.7. The fourth-order valence-corrected chi connectivity index (χ4v) is 32.0. The third-order valence-corrected chi connectivity index (χ3v) is 35.2. The minimum absolute atomic E-state index is 0. The summed E-state index contributed by atoms with van der Waals surface area (Å²) in [6.45, 7) is -4.76. The molecule has 0 amide bonds. The summed E-state index contributed by atoms with van der Waals surface area (Å²) in [5.74, 6) is -4.42. The van der Waals surface area contributed by atoms with Gasteiger partial charge in [0, 0.05) is 155 Å². The number of hydrogen-bond donors (Lipinski definition) is 12. The molecule has 3 aromatic carbocycles. The Bertz CT molecular complexity index is 2480. The number of rotatable bonds is 30. The van der Waals surface area contributed by atoms with Crippen LogP contribution in [0, 0.1) is 5.92 Å². The SMILES string of the molecule is O=C([O-])c1c2c(c([C](c3c4c(c(C(=O)[O-])c5c3SC(CCO)(CCO)S5)SC(CCO)(CCO)S4)c3c4c(c(C(=O)[O-])c5c3SC(CCO)(CCO)S5)SC(CCO)(CCO)S4)c3c1SC(CCO)(CCO)S3)SC(CCO)(CCO)S2.[Na+].[Na+].[Na+]. The van der Waals surface area contributed by atoms with Crippen LogP contribution < -0.4 is 104 Å². The van der Waals surface area contributed by atoms with Crippen molar-refractivity contribution in [1.29, 1.82) is 0 Å². The molecule has 0 aromatic heterocycles. The van der Waals surface area contributed by atoms with Gasteiger partial charge in [0.1, 0.15) is 0 Å². The number of fused-ring (bicyclic) bond motifs is 6. The van der Waals surface area contributed by atoms with Gasteiger partial charge in [-0.15, -0.1) is 141 Å². The van der Waals surface area contributed by atoms with E-state index in [1.54, 1.807) is 0 Å². The minimum atomic E-state index is -1.57. The molecule has 12 N–H and O–H groups in total. The maximum atomic E-state index is 14.1. The van der Waals surface area contributed by atoms with E-state index in [1.807, 2.05) is 0 Å². The molecule has 0 atom stereocenters. The number of benzene rings is 3. The molecular weight excluding hydrogens is 1370 g/mol. The summed E-state index contributed by atoms with van der Waals surface area (Å²) >= 11 is 14.0. The molecule has 0 spiro atoms. The first-order valence-corrected chi connectivity index (χ1v) is 36.0. The van der Waals surface area contributed by atoms with Gasteiger partial charge in [-0.2, -0.15) is 0 Å². The summed E-state index contributed by atoms with van der Waals surface area (Å²) in [5.41, 5.74) is 0.361. The van der Waals surface area contributed by atoms with E-state index in [-0.39, 0.29) is 212 Å². The average molecular weight is 1430 g/mol. The first kappa shape index (κ1) is 76.8. The summed E-state index contributed by atoms with van der Waals surface area (Å²) in [5, 5.41) is 172. The molecule has 0 aliphatic carbocycles. The van der Waals surface area contributed by atoms with Gasteiger partial charge in [-0.05, 0) is 93.7 Å². The largest absolute Gasteiger partial charge is 1.00 e. The summed E-state index contributed by atoms with van der Waals surface area (Å²) in [7, 11) is 0. The maximum absolute atomic E-state index is 14.1. The van der Waals surface area contributed by atoms with Crippen LogP contribution in [0.25, 0.3) is 0 Å². The molecule has 1 radical (unpaired) electrons. The number of aliphatic hydroxyl groups excluding tert-OH is 12. The Kier molecular flexibility index (Phi) is 29.1. The molecule has 451 valence electrons. The van der Waals surface area contributed by atoms with Crippen molar-refractivity contribution < 1.29 is 180 Å². The molecule has 0 unspecified atom stereocenters. The number of carbonyl (C=O) groups is 3. The van der Waals surface area contributed by atoms with E-state index in [0.717, 1.165) is 70.6 Å². The van der Waals surface area contributed by atoms with Crippen LogP contribution in [0.15, 0.2) is 58.7 Å². The minimum Gasteiger partial charge on any atom is -0.545 e. The van der Waals surface area contributed by atoms with Crippen molar-refractivity contribution in [2.24, 2.45) is 0 Å². The van der Waals surface area contributed by atoms with E-state index >= 15 is 0 Å². The van der Waals surface area contributed by atoms with E-state index in [0.29, 0.717) is 52.0 Å². The van der Waals surface area contributed by atoms with Crippen molar-refractivity contribution in [2.45, 2.75) is 160 Å². The van der Waals surface area contributed by atoms with Gasteiger partial charge < -0.3 is 91.0 Å². The van der Waals surface area contributed by atoms with Crippen LogP contribution in [0.2, 0.25) is 0 Å². The predicted molar refractivity (Wildman–Crippen MR) is 320 cm³/mol. The Morgan fingerprint density at radius 1 is 0.235 bits per heavy atom. The van der Waals surface area contributed by atoms with E-state index in [1.165, 1.54) is 70.6 Å². The van der Waals surface area contributed by atoms with Crippen LogP contribution in [0.1, 0.15) is 125 Å². The second-order valence-electron chi connectivity index (χ2n) is 19.8. The second kappa shape index (κ2) is 32.2. The molecule has 18 nitrogen and oxygen atoms in total. The van der Waals surface area contributed by atoms with Gasteiger partial charge in [0.15, 0.2) is 0 Å². The van der Waals surface area contributed by atoms with Crippen molar-refractivity contribution in [3.05, 3.63) is 39.3 Å². The van der Waals surface area contributed by atoms with Crippen molar-refractivity contribution in [3.63, 3.8) is 0 Å². The summed E-state index contributed by atoms with van der Waals surface area (Å²) in [6, 6.07) is 0. The van der Waals surface area contributed by atoms with Crippen molar-refractivity contribution in [1.82, 2.24) is 0 Å². The van der Waals surface area contributed by atoms with E-state index < -0.39 is 122 Å². The molecule has 0 bridgehead atoms. The van der Waals surface area contributed by atoms with Gasteiger partial charge in [0.25, 0.3) is 0 Å². The molecule has 6 aliphatic rings. The molecule has 6 heterocycles. The van der Waals surface area contributed by atoms with Crippen LogP contribution in [-0.4, -0.2) is 183 Å². The number of thioether (sulfide) groups is 12. The van der Waals surface area contributed by atoms with Crippen LogP contribution in [0.5, 0.6) is 0 Å². The molecule has 85 heavy (non-hydrogen) atoms. The first-order valence-electron chi connectivity index (χ1n) is 26.2. The molecule has 6 aliphatic heterocycles. The zero-order valence-corrected chi connectivity index (χ0v) is 62.5. The van der Waals surface area contributed by atoms with Crippen LogP contribution in [0.3, 0.4) is 0 Å². The van der Waals surface area contributed by atoms with Crippen LogP contribution in [-0.2, 0) is 0 Å². The Morgan fingerprint density at radius 2 is 0.341 bits per heavy atom. The van der Waals surface area contributed by atoms with Gasteiger partial charge in [0.2, 0.25) is 0 Å². The average Bonchev–Trinajstić information content (AvgIpc) is 1.59. The molecule has 9 rings (SSSR count). The Balaban J connectivity index is 0.00000386. The third-order valence-electron chi connectivity index (χ3n) is 14.7. The first-order chi connectivity index (χ1) is 39.3. The van der Waals surface area contributed by atoms with Gasteiger partial charge in [0.05, 0.1) is 48.3 Å². The molecule has 0 saturated carbocycles. The standard InChI is InChI=1S/C52H63O18S12.3Na/c53-13-1-47(2-14-54)71-32-26(33-39(29(44(65)66)38(32)77-47)78-48(72-33,3-15-55)4-16-56)25(27-34-40(79-49(73-34,5-17-57)6-18-58)30(45(67)68)41-35(27)74-50(80-41,7-19-59)8-20-60)28-36-42(81-51(75-36,9-21-61)10-22-62)31(46(69)70)43-37(28)76-52(82-43,11-23-63)12-24-64;;;/h53-64H,1-24H2,(H,65,66)(H,67,68)(H,69,70);;;/q;3*+1/p-3. The normalized spacial score (nSPS) is 18.9. The number of carboxylic acid groups (broad SMARTS) is 3. The van der Waals surface area contributed by atoms with E-state index in [2.05, 4.69) is 0 Å². The summed E-state index contributed by atoms with van der Waals surface area (Å²) in [4.78, 5) is 45.5. The molecule has 33 heteroatoms. The van der Waals surface area contributed by atoms with E-state index in [4.69, 9.17) is 0 Å². The number of carbonyl (C=O) groups excluding carboxylic acids is 3. The zero-order chi connectivity index (χ0) is 59.2. The Hall–Kier alpha value is 2.79. The maximum Gasteiger partial charge on any atom is 1.00 e. The van der Waals surface area contributed by atoms with Gasteiger partial charge in [-0.1, -0.05) is 0 Å². The van der Waals surface area contributed by atoms with E-state index in [9.17, 15) is 91.0 Å². The van der Waals surface area contributed by atoms with Gasteiger partial charge in [-0.3, -0.25) is 0 Å². The fraction of sp³-hybridized carbons (Fsp3) is 0.577. The molecule has 0 fully saturated rings.